The van der Waals surface area contributed by atoms with Crippen molar-refractivity contribution in [2.45, 2.75) is 11.4 Å². The number of rotatable bonds is 8. The van der Waals surface area contributed by atoms with Crippen LogP contribution in [0.1, 0.15) is 15.9 Å². The monoisotopic (exact) mass is 497 g/mol. The van der Waals surface area contributed by atoms with Gasteiger partial charge in [-0.1, -0.05) is 36.4 Å². The third-order valence-electron chi connectivity index (χ3n) is 5.35. The van der Waals surface area contributed by atoms with Gasteiger partial charge in [-0.2, -0.15) is 4.31 Å². The van der Waals surface area contributed by atoms with Crippen molar-refractivity contribution in [3.63, 3.8) is 0 Å². The lowest BCUT2D eigenvalue weighted by atomic mass is 10.2. The number of sulfonamides is 1. The summed E-state index contributed by atoms with van der Waals surface area (Å²) >= 11 is 0. The Kier molecular flexibility index (Phi) is 7.39. The lowest BCUT2D eigenvalue weighted by molar-refractivity contribution is -0.385. The summed E-state index contributed by atoms with van der Waals surface area (Å²) in [6.45, 7) is 1.05. The molecule has 1 aliphatic heterocycles. The van der Waals surface area contributed by atoms with Gasteiger partial charge >= 0.3 is 0 Å². The molecule has 1 aliphatic rings. The molecule has 0 aliphatic carbocycles. The van der Waals surface area contributed by atoms with Gasteiger partial charge < -0.3 is 14.8 Å². The number of morpholine rings is 1. The molecule has 0 atom stereocenters. The molecular weight excluding hydrogens is 474 g/mol. The van der Waals surface area contributed by atoms with Gasteiger partial charge in [0.25, 0.3) is 11.6 Å². The molecule has 0 radical (unpaired) electrons. The maximum absolute atomic E-state index is 13.3. The first-order valence-electron chi connectivity index (χ1n) is 10.8. The Bertz CT molecular complexity index is 1320. The lowest BCUT2D eigenvalue weighted by Crippen LogP contribution is -2.40. The molecule has 0 unspecified atom stereocenters. The number of amides is 1. The molecule has 4 rings (SSSR count). The van der Waals surface area contributed by atoms with E-state index in [0.29, 0.717) is 12.1 Å². The average molecular weight is 498 g/mol. The van der Waals surface area contributed by atoms with E-state index in [1.54, 1.807) is 18.2 Å². The second-order valence-electron chi connectivity index (χ2n) is 7.70. The fourth-order valence-electron chi connectivity index (χ4n) is 3.53. The molecule has 1 fully saturated rings. The number of nitro groups is 1. The van der Waals surface area contributed by atoms with Crippen LogP contribution in [-0.2, 0) is 21.3 Å². The Labute approximate surface area is 202 Å². The van der Waals surface area contributed by atoms with E-state index in [0.717, 1.165) is 11.6 Å². The minimum absolute atomic E-state index is 0.0797. The molecule has 0 bridgehead atoms. The number of nitro benzene ring substituents is 1. The van der Waals surface area contributed by atoms with Crippen LogP contribution in [-0.4, -0.2) is 49.9 Å². The quantitative estimate of drug-likeness (QED) is 0.373. The van der Waals surface area contributed by atoms with Gasteiger partial charge in [-0.3, -0.25) is 14.9 Å². The van der Waals surface area contributed by atoms with Crippen LogP contribution >= 0.6 is 0 Å². The van der Waals surface area contributed by atoms with Gasteiger partial charge in [0.2, 0.25) is 10.0 Å². The molecule has 10 nitrogen and oxygen atoms in total. The summed E-state index contributed by atoms with van der Waals surface area (Å²) in [5.74, 6) is -0.197. The van der Waals surface area contributed by atoms with Crippen molar-refractivity contribution in [1.29, 1.82) is 0 Å². The predicted octanol–water partition coefficient (Wildman–Crippen LogP) is 3.34. The number of benzene rings is 3. The van der Waals surface area contributed by atoms with E-state index in [2.05, 4.69) is 5.32 Å². The van der Waals surface area contributed by atoms with Crippen LogP contribution < -0.4 is 10.1 Å². The highest BCUT2D eigenvalue weighted by atomic mass is 32.2. The first kappa shape index (κ1) is 24.3. The van der Waals surface area contributed by atoms with Crippen LogP contribution in [0.3, 0.4) is 0 Å². The molecule has 0 aromatic heterocycles. The SMILES string of the molecule is O=C(NCc1ccccc1)c1cccc(Oc2ccc([N+](=O)[O-])cc2S(=O)(=O)N2CCOCC2)c1. The third-order valence-corrected chi connectivity index (χ3v) is 7.27. The fourth-order valence-corrected chi connectivity index (χ4v) is 5.07. The van der Waals surface area contributed by atoms with Crippen molar-refractivity contribution in [2.24, 2.45) is 0 Å². The van der Waals surface area contributed by atoms with E-state index in [1.807, 2.05) is 30.3 Å². The lowest BCUT2D eigenvalue weighted by Gasteiger charge is -2.26. The molecule has 182 valence electrons. The van der Waals surface area contributed by atoms with Crippen molar-refractivity contribution >= 4 is 21.6 Å². The Morgan fingerprint density at radius 1 is 1.03 bits per heavy atom. The number of hydrogen-bond donors (Lipinski definition) is 1. The summed E-state index contributed by atoms with van der Waals surface area (Å²) in [5, 5.41) is 14.1. The number of carbonyl (C=O) groups excluding carboxylic acids is 1. The maximum Gasteiger partial charge on any atom is 0.271 e. The highest BCUT2D eigenvalue weighted by Crippen LogP contribution is 2.34. The van der Waals surface area contributed by atoms with Gasteiger partial charge in [-0.15, -0.1) is 0 Å². The normalized spacial score (nSPS) is 14.3. The van der Waals surface area contributed by atoms with Crippen LogP contribution in [0.5, 0.6) is 11.5 Å². The Balaban J connectivity index is 1.59. The Morgan fingerprint density at radius 3 is 2.49 bits per heavy atom. The number of nitrogens with one attached hydrogen (secondary N) is 1. The summed E-state index contributed by atoms with van der Waals surface area (Å²) in [7, 11) is -4.09. The van der Waals surface area contributed by atoms with Crippen LogP contribution in [0.2, 0.25) is 0 Å². The fraction of sp³-hybridized carbons (Fsp3) is 0.208. The van der Waals surface area contributed by atoms with Crippen molar-refractivity contribution < 1.29 is 27.6 Å². The highest BCUT2D eigenvalue weighted by molar-refractivity contribution is 7.89. The van der Waals surface area contributed by atoms with Crippen LogP contribution in [0.4, 0.5) is 5.69 Å². The average Bonchev–Trinajstić information content (AvgIpc) is 2.88. The van der Waals surface area contributed by atoms with E-state index in [9.17, 15) is 23.3 Å². The van der Waals surface area contributed by atoms with Crippen molar-refractivity contribution in [2.75, 3.05) is 26.3 Å². The molecule has 1 heterocycles. The number of hydrogen-bond acceptors (Lipinski definition) is 7. The van der Waals surface area contributed by atoms with Crippen LogP contribution in [0.25, 0.3) is 0 Å². The first-order chi connectivity index (χ1) is 16.8. The van der Waals surface area contributed by atoms with E-state index in [1.165, 1.54) is 22.5 Å². The summed E-state index contributed by atoms with van der Waals surface area (Å²) in [5.41, 5.74) is 0.883. The smallest absolute Gasteiger partial charge is 0.271 e. The van der Waals surface area contributed by atoms with Gasteiger partial charge in [-0.25, -0.2) is 8.42 Å². The molecular formula is C24H23N3O7S. The van der Waals surface area contributed by atoms with E-state index in [-0.39, 0.29) is 54.3 Å². The Hall–Kier alpha value is -3.80. The molecule has 1 saturated heterocycles. The van der Waals surface area contributed by atoms with Gasteiger partial charge in [0.15, 0.2) is 0 Å². The molecule has 0 saturated carbocycles. The zero-order valence-corrected chi connectivity index (χ0v) is 19.4. The minimum atomic E-state index is -4.09. The largest absolute Gasteiger partial charge is 0.456 e. The topological polar surface area (TPSA) is 128 Å². The molecule has 0 spiro atoms. The molecule has 1 amide bonds. The van der Waals surface area contributed by atoms with Gasteiger partial charge in [-0.05, 0) is 29.8 Å². The predicted molar refractivity (Wildman–Crippen MR) is 127 cm³/mol. The molecule has 11 heteroatoms. The second-order valence-corrected chi connectivity index (χ2v) is 9.61. The number of carbonyl (C=O) groups is 1. The summed E-state index contributed by atoms with van der Waals surface area (Å²) in [4.78, 5) is 22.9. The number of non-ortho nitro benzene ring substituents is 1. The maximum atomic E-state index is 13.3. The molecule has 35 heavy (non-hydrogen) atoms. The van der Waals surface area contributed by atoms with Gasteiger partial charge in [0.05, 0.1) is 18.1 Å². The Morgan fingerprint density at radius 2 is 1.77 bits per heavy atom. The third kappa shape index (κ3) is 5.83. The van der Waals surface area contributed by atoms with Crippen molar-refractivity contribution in [3.05, 3.63) is 94.0 Å². The van der Waals surface area contributed by atoms with Crippen LogP contribution in [0.15, 0.2) is 77.7 Å². The zero-order valence-electron chi connectivity index (χ0n) is 18.6. The van der Waals surface area contributed by atoms with Gasteiger partial charge in [0, 0.05) is 37.3 Å². The number of nitrogens with zero attached hydrogens (tertiary/aromatic N) is 2. The standard InChI is InChI=1S/C24H23N3O7S/c28-24(25-17-18-5-2-1-3-6-18)19-7-4-8-21(15-19)34-22-10-9-20(27(29)30)16-23(22)35(31,32)26-11-13-33-14-12-26/h1-10,15-16H,11-14,17H2,(H,25,28). The minimum Gasteiger partial charge on any atom is -0.456 e. The van der Waals surface area contributed by atoms with Gasteiger partial charge in [0.1, 0.15) is 16.4 Å². The van der Waals surface area contributed by atoms with E-state index in [4.69, 9.17) is 9.47 Å². The summed E-state index contributed by atoms with van der Waals surface area (Å²) in [6.07, 6.45) is 0. The highest BCUT2D eigenvalue weighted by Gasteiger charge is 2.31. The van der Waals surface area contributed by atoms with Crippen molar-refractivity contribution in [1.82, 2.24) is 9.62 Å². The van der Waals surface area contributed by atoms with Crippen LogP contribution in [0, 0.1) is 10.1 Å². The first-order valence-corrected chi connectivity index (χ1v) is 12.2. The van der Waals surface area contributed by atoms with Crippen molar-refractivity contribution in [3.8, 4) is 11.5 Å². The number of ether oxygens (including phenoxy) is 2. The second kappa shape index (κ2) is 10.6. The molecule has 1 N–H and O–H groups in total. The summed E-state index contributed by atoms with van der Waals surface area (Å²) in [6, 6.07) is 19.1. The molecule has 3 aromatic rings. The van der Waals surface area contributed by atoms with E-state index >= 15 is 0 Å². The zero-order chi connectivity index (χ0) is 24.8. The molecule has 3 aromatic carbocycles. The summed E-state index contributed by atoms with van der Waals surface area (Å²) < 4.78 is 38.8. The van der Waals surface area contributed by atoms with E-state index < -0.39 is 14.9 Å².